The Morgan fingerprint density at radius 3 is 2.88 bits per heavy atom. The van der Waals surface area contributed by atoms with Crippen molar-refractivity contribution in [1.29, 1.82) is 0 Å². The summed E-state index contributed by atoms with van der Waals surface area (Å²) in [6, 6.07) is 12.1. The van der Waals surface area contributed by atoms with Gasteiger partial charge < -0.3 is 9.64 Å². The lowest BCUT2D eigenvalue weighted by molar-refractivity contribution is -0.139. The van der Waals surface area contributed by atoms with E-state index in [4.69, 9.17) is 4.74 Å². The van der Waals surface area contributed by atoms with E-state index in [2.05, 4.69) is 27.0 Å². The zero-order chi connectivity index (χ0) is 16.8. The Morgan fingerprint density at radius 1 is 1.29 bits per heavy atom. The Balaban J connectivity index is 1.50. The second-order valence-corrected chi connectivity index (χ2v) is 6.88. The van der Waals surface area contributed by atoms with Crippen molar-refractivity contribution in [3.05, 3.63) is 64.4 Å². The summed E-state index contributed by atoms with van der Waals surface area (Å²) in [6.07, 6.45) is 5.91. The predicted molar refractivity (Wildman–Crippen MR) is 96.6 cm³/mol. The summed E-state index contributed by atoms with van der Waals surface area (Å²) in [5, 5.41) is 0. The Kier molecular flexibility index (Phi) is 5.99. The van der Waals surface area contributed by atoms with Gasteiger partial charge in [0.15, 0.2) is 0 Å². The summed E-state index contributed by atoms with van der Waals surface area (Å²) in [4.78, 5) is 18.5. The topological polar surface area (TPSA) is 42.4 Å². The molecule has 1 amide bonds. The normalized spacial score (nSPS) is 17.7. The Bertz CT molecular complexity index is 661. The maximum Gasteiger partial charge on any atom is 0.222 e. The molecule has 0 saturated carbocycles. The van der Waals surface area contributed by atoms with Crippen LogP contribution >= 0.6 is 15.9 Å². The predicted octanol–water partition coefficient (Wildman–Crippen LogP) is 3.77. The van der Waals surface area contributed by atoms with E-state index in [1.54, 1.807) is 6.20 Å². The third kappa shape index (κ3) is 4.65. The lowest BCUT2D eigenvalue weighted by Crippen LogP contribution is -2.42. The number of aryl methyl sites for hydroxylation is 1. The number of rotatable bonds is 5. The number of hydrogen-bond donors (Lipinski definition) is 0. The first-order chi connectivity index (χ1) is 11.7. The van der Waals surface area contributed by atoms with Gasteiger partial charge in [0.05, 0.1) is 13.2 Å². The largest absolute Gasteiger partial charge is 0.370 e. The molecule has 0 radical (unpaired) electrons. The lowest BCUT2D eigenvalue weighted by Gasteiger charge is -2.33. The highest BCUT2D eigenvalue weighted by Gasteiger charge is 2.24. The van der Waals surface area contributed by atoms with Crippen molar-refractivity contribution in [3.63, 3.8) is 0 Å². The summed E-state index contributed by atoms with van der Waals surface area (Å²) < 4.78 is 6.89. The van der Waals surface area contributed by atoms with Gasteiger partial charge in [-0.1, -0.05) is 34.1 Å². The summed E-state index contributed by atoms with van der Waals surface area (Å²) in [7, 11) is 0. The maximum absolute atomic E-state index is 12.5. The van der Waals surface area contributed by atoms with Crippen molar-refractivity contribution >= 4 is 21.8 Å². The van der Waals surface area contributed by atoms with Gasteiger partial charge >= 0.3 is 0 Å². The minimum atomic E-state index is -0.0332. The van der Waals surface area contributed by atoms with E-state index in [0.717, 1.165) is 22.9 Å². The molecule has 0 N–H and O–H groups in total. The summed E-state index contributed by atoms with van der Waals surface area (Å²) in [5.41, 5.74) is 2.30. The fourth-order valence-electron chi connectivity index (χ4n) is 2.90. The van der Waals surface area contributed by atoms with Crippen molar-refractivity contribution in [1.82, 2.24) is 9.88 Å². The van der Waals surface area contributed by atoms with Crippen molar-refractivity contribution in [2.45, 2.75) is 25.4 Å². The number of carbonyl (C=O) groups excluding carboxylic acids is 1. The van der Waals surface area contributed by atoms with E-state index in [0.29, 0.717) is 26.1 Å². The standard InChI is InChI=1S/C19H21BrN2O2/c20-17-8-6-16(7-9-17)18-14-22(11-12-24-18)19(23)5-1-3-15-4-2-10-21-13-15/h2,4,6-10,13,18H,1,3,5,11-12,14H2. The molecule has 0 spiro atoms. The van der Waals surface area contributed by atoms with E-state index >= 15 is 0 Å². The molecule has 1 saturated heterocycles. The lowest BCUT2D eigenvalue weighted by atomic mass is 10.1. The molecule has 1 aliphatic rings. The maximum atomic E-state index is 12.5. The van der Waals surface area contributed by atoms with Crippen molar-refractivity contribution in [2.75, 3.05) is 19.7 Å². The van der Waals surface area contributed by atoms with Crippen LogP contribution in [0.3, 0.4) is 0 Å². The molecule has 24 heavy (non-hydrogen) atoms. The average molecular weight is 389 g/mol. The molecular formula is C19H21BrN2O2. The van der Waals surface area contributed by atoms with Gasteiger partial charge in [0.25, 0.3) is 0 Å². The number of benzene rings is 1. The number of halogens is 1. The highest BCUT2D eigenvalue weighted by molar-refractivity contribution is 9.10. The molecule has 1 aromatic carbocycles. The molecule has 1 aromatic heterocycles. The average Bonchev–Trinajstić information content (AvgIpc) is 2.63. The molecule has 2 aromatic rings. The fourth-order valence-corrected chi connectivity index (χ4v) is 3.17. The van der Waals surface area contributed by atoms with Gasteiger partial charge in [-0.15, -0.1) is 0 Å². The van der Waals surface area contributed by atoms with Crippen LogP contribution < -0.4 is 0 Å². The minimum Gasteiger partial charge on any atom is -0.370 e. The van der Waals surface area contributed by atoms with Crippen LogP contribution in [0, 0.1) is 0 Å². The number of hydrogen-bond acceptors (Lipinski definition) is 3. The number of amides is 1. The van der Waals surface area contributed by atoms with Gasteiger partial charge in [0.1, 0.15) is 6.10 Å². The second kappa shape index (κ2) is 8.40. The van der Waals surface area contributed by atoms with Gasteiger partial charge in [-0.2, -0.15) is 0 Å². The van der Waals surface area contributed by atoms with E-state index in [1.165, 1.54) is 5.56 Å². The molecule has 1 atom stereocenters. The van der Waals surface area contributed by atoms with Crippen LogP contribution in [0.4, 0.5) is 0 Å². The van der Waals surface area contributed by atoms with Crippen molar-refractivity contribution < 1.29 is 9.53 Å². The first-order valence-corrected chi connectivity index (χ1v) is 9.05. The number of carbonyl (C=O) groups is 1. The van der Waals surface area contributed by atoms with E-state index in [1.807, 2.05) is 41.4 Å². The first-order valence-electron chi connectivity index (χ1n) is 8.26. The molecular weight excluding hydrogens is 368 g/mol. The number of aromatic nitrogens is 1. The molecule has 4 nitrogen and oxygen atoms in total. The van der Waals surface area contributed by atoms with Crippen molar-refractivity contribution in [2.24, 2.45) is 0 Å². The minimum absolute atomic E-state index is 0.0332. The van der Waals surface area contributed by atoms with Crippen LogP contribution in [0.15, 0.2) is 53.3 Å². The van der Waals surface area contributed by atoms with Crippen LogP contribution in [0.25, 0.3) is 0 Å². The van der Waals surface area contributed by atoms with Crippen LogP contribution in [-0.4, -0.2) is 35.5 Å². The second-order valence-electron chi connectivity index (χ2n) is 5.97. The van der Waals surface area contributed by atoms with Crippen LogP contribution in [0.1, 0.15) is 30.1 Å². The molecule has 5 heteroatoms. The molecule has 1 aliphatic heterocycles. The molecule has 2 heterocycles. The van der Waals surface area contributed by atoms with Gasteiger partial charge in [-0.25, -0.2) is 0 Å². The highest BCUT2D eigenvalue weighted by Crippen LogP contribution is 2.24. The Labute approximate surface area is 151 Å². The highest BCUT2D eigenvalue weighted by atomic mass is 79.9. The first kappa shape index (κ1) is 17.1. The molecule has 3 rings (SSSR count). The van der Waals surface area contributed by atoms with Crippen LogP contribution in [-0.2, 0) is 16.0 Å². The van der Waals surface area contributed by atoms with Gasteiger partial charge in [0, 0.05) is 29.8 Å². The molecule has 1 unspecified atom stereocenters. The number of ether oxygens (including phenoxy) is 1. The molecule has 0 bridgehead atoms. The van der Waals surface area contributed by atoms with Gasteiger partial charge in [-0.05, 0) is 42.2 Å². The number of morpholine rings is 1. The smallest absolute Gasteiger partial charge is 0.222 e. The third-order valence-electron chi connectivity index (χ3n) is 4.24. The van der Waals surface area contributed by atoms with Crippen molar-refractivity contribution in [3.8, 4) is 0 Å². The number of nitrogens with zero attached hydrogens (tertiary/aromatic N) is 2. The van der Waals surface area contributed by atoms with Gasteiger partial charge in [-0.3, -0.25) is 9.78 Å². The zero-order valence-corrected chi connectivity index (χ0v) is 15.1. The molecule has 1 fully saturated rings. The molecule has 0 aliphatic carbocycles. The monoisotopic (exact) mass is 388 g/mol. The fraction of sp³-hybridized carbons (Fsp3) is 0.368. The summed E-state index contributed by atoms with van der Waals surface area (Å²) >= 11 is 3.44. The van der Waals surface area contributed by atoms with Crippen LogP contribution in [0.5, 0.6) is 0 Å². The van der Waals surface area contributed by atoms with E-state index in [9.17, 15) is 4.79 Å². The third-order valence-corrected chi connectivity index (χ3v) is 4.77. The van der Waals surface area contributed by atoms with E-state index < -0.39 is 0 Å². The van der Waals surface area contributed by atoms with Gasteiger partial charge in [0.2, 0.25) is 5.91 Å². The number of pyridine rings is 1. The van der Waals surface area contributed by atoms with E-state index in [-0.39, 0.29) is 12.0 Å². The Morgan fingerprint density at radius 2 is 2.12 bits per heavy atom. The molecule has 126 valence electrons. The SMILES string of the molecule is O=C(CCCc1cccnc1)N1CCOC(c2ccc(Br)cc2)C1. The zero-order valence-electron chi connectivity index (χ0n) is 13.5. The van der Waals surface area contributed by atoms with Crippen LogP contribution in [0.2, 0.25) is 0 Å². The Hall–Kier alpha value is -1.72. The summed E-state index contributed by atoms with van der Waals surface area (Å²) in [5.74, 6) is 0.212. The quantitative estimate of drug-likeness (QED) is 0.782. The summed E-state index contributed by atoms with van der Waals surface area (Å²) in [6.45, 7) is 1.90.